The predicted octanol–water partition coefficient (Wildman–Crippen LogP) is 23.9. The van der Waals surface area contributed by atoms with Gasteiger partial charge in [0.15, 0.2) is 0 Å². The van der Waals surface area contributed by atoms with Crippen molar-refractivity contribution in [2.24, 2.45) is 0 Å². The highest BCUT2D eigenvalue weighted by molar-refractivity contribution is 5.99. The molecule has 0 saturated carbocycles. The van der Waals surface area contributed by atoms with Gasteiger partial charge in [-0.3, -0.25) is 0 Å². The fourth-order valence-corrected chi connectivity index (χ4v) is 13.5. The van der Waals surface area contributed by atoms with E-state index in [9.17, 15) is 0 Å². The third-order valence-electron chi connectivity index (χ3n) is 18.0. The Morgan fingerprint density at radius 1 is 0.198 bits per heavy atom. The largest absolute Gasteiger partial charge is 0.310 e. The summed E-state index contributed by atoms with van der Waals surface area (Å²) in [5.74, 6) is 0. The number of benzene rings is 13. The highest BCUT2D eigenvalue weighted by Crippen LogP contribution is 2.65. The summed E-state index contributed by atoms with van der Waals surface area (Å²) in [6, 6.07) is 116. The van der Waals surface area contributed by atoms with Gasteiger partial charge >= 0.3 is 0 Å². The van der Waals surface area contributed by atoms with Gasteiger partial charge in [-0.1, -0.05) is 259 Å². The molecule has 434 valence electrons. The quantitative estimate of drug-likeness (QED) is 0.0947. The van der Waals surface area contributed by atoms with Crippen molar-refractivity contribution in [3.8, 4) is 22.3 Å². The first-order valence-electron chi connectivity index (χ1n) is 31.4. The molecule has 0 radical (unpaired) electrons. The fraction of sp³-hybridized carbons (Fsp3) is 0.0455. The summed E-state index contributed by atoms with van der Waals surface area (Å²) in [5, 5.41) is 0. The number of anilines is 9. The summed E-state index contributed by atoms with van der Waals surface area (Å²) in [6.45, 7) is 6.49. The molecule has 0 N–H and O–H groups in total. The van der Waals surface area contributed by atoms with Crippen LogP contribution >= 0.6 is 0 Å². The van der Waals surface area contributed by atoms with Crippen LogP contribution in [0.5, 0.6) is 0 Å². The summed E-state index contributed by atoms with van der Waals surface area (Å²) in [5.41, 5.74) is 29.4. The Labute approximate surface area is 535 Å². The molecule has 15 rings (SSSR count). The first-order valence-corrected chi connectivity index (χ1v) is 31.4. The van der Waals surface area contributed by atoms with Crippen molar-refractivity contribution in [3.63, 3.8) is 0 Å². The van der Waals surface area contributed by atoms with Crippen molar-refractivity contribution in [1.29, 1.82) is 0 Å². The molecule has 13 aromatic rings. The summed E-state index contributed by atoms with van der Waals surface area (Å²) in [6.07, 6.45) is 13.1. The lowest BCUT2D eigenvalue weighted by Gasteiger charge is -2.34. The Morgan fingerprint density at radius 3 is 0.703 bits per heavy atom. The van der Waals surface area contributed by atoms with Crippen molar-refractivity contribution in [3.05, 3.63) is 388 Å². The maximum Gasteiger partial charge on any atom is 0.0727 e. The molecule has 0 aliphatic heterocycles. The molecule has 3 nitrogen and oxygen atoms in total. The van der Waals surface area contributed by atoms with Gasteiger partial charge in [0.1, 0.15) is 0 Å². The van der Waals surface area contributed by atoms with Gasteiger partial charge in [0.25, 0.3) is 0 Å². The smallest absolute Gasteiger partial charge is 0.0727 e. The van der Waals surface area contributed by atoms with E-state index in [2.05, 4.69) is 387 Å². The van der Waals surface area contributed by atoms with E-state index in [1.807, 2.05) is 0 Å². The van der Waals surface area contributed by atoms with Crippen LogP contribution in [0.2, 0.25) is 0 Å². The normalized spacial score (nSPS) is 12.5. The zero-order valence-electron chi connectivity index (χ0n) is 51.3. The first kappa shape index (κ1) is 56.0. The second-order valence-corrected chi connectivity index (χ2v) is 24.0. The van der Waals surface area contributed by atoms with Crippen molar-refractivity contribution in [2.75, 3.05) is 14.7 Å². The van der Waals surface area contributed by atoms with Gasteiger partial charge in [0, 0.05) is 51.2 Å². The van der Waals surface area contributed by atoms with Gasteiger partial charge in [0.2, 0.25) is 0 Å². The predicted molar refractivity (Wildman–Crippen MR) is 387 cm³/mol. The number of hydrogen-bond donors (Lipinski definition) is 0. The van der Waals surface area contributed by atoms with Crippen LogP contribution in [0.1, 0.15) is 72.3 Å². The van der Waals surface area contributed by atoms with Crippen LogP contribution in [-0.4, -0.2) is 0 Å². The van der Waals surface area contributed by atoms with Gasteiger partial charge in [0.05, 0.1) is 5.41 Å². The maximum atomic E-state index is 2.51. The van der Waals surface area contributed by atoms with E-state index in [4.69, 9.17) is 0 Å². The zero-order valence-corrected chi connectivity index (χ0v) is 51.3. The number of aryl methyl sites for hydroxylation is 3. The van der Waals surface area contributed by atoms with Gasteiger partial charge < -0.3 is 14.7 Å². The van der Waals surface area contributed by atoms with Crippen LogP contribution in [-0.2, 0) is 5.41 Å². The van der Waals surface area contributed by atoms with Crippen LogP contribution < -0.4 is 14.7 Å². The SMILES string of the molecule is Cc1ccc(N(c2ccc(/C=C/c3ccccc3)cc2)c2ccc3c(c2)C2(c4ccccc4-3)c3cc(N(c4ccc(C)cc4)c4ccc(/C=C/c5ccccc5)cc4)ccc3-c3ccc(N(c4ccc(C)cc4)c4ccc(/C=C/c5ccccc5)cc4)cc32)cc1. The molecule has 2 aliphatic carbocycles. The summed E-state index contributed by atoms with van der Waals surface area (Å²) >= 11 is 0. The molecular formula is C88H67N3. The Bertz CT molecular complexity index is 4430. The van der Waals surface area contributed by atoms with E-state index in [0.717, 1.165) is 67.9 Å². The van der Waals surface area contributed by atoms with E-state index in [1.165, 1.54) is 77.9 Å². The van der Waals surface area contributed by atoms with E-state index >= 15 is 0 Å². The van der Waals surface area contributed by atoms with E-state index < -0.39 is 5.41 Å². The zero-order chi connectivity index (χ0) is 61.3. The second-order valence-electron chi connectivity index (χ2n) is 24.0. The number of rotatable bonds is 15. The lowest BCUT2D eigenvalue weighted by atomic mass is 9.70. The number of nitrogens with zero attached hydrogens (tertiary/aromatic N) is 3. The molecule has 0 heterocycles. The molecule has 0 unspecified atom stereocenters. The molecule has 0 saturated heterocycles. The van der Waals surface area contributed by atoms with E-state index in [-0.39, 0.29) is 0 Å². The van der Waals surface area contributed by atoms with Crippen LogP contribution in [0.4, 0.5) is 51.2 Å². The van der Waals surface area contributed by atoms with Crippen LogP contribution in [0, 0.1) is 20.8 Å². The summed E-state index contributed by atoms with van der Waals surface area (Å²) < 4.78 is 0. The molecule has 0 fully saturated rings. The Morgan fingerprint density at radius 2 is 0.418 bits per heavy atom. The lowest BCUT2D eigenvalue weighted by Crippen LogP contribution is -2.27. The van der Waals surface area contributed by atoms with E-state index in [1.54, 1.807) is 0 Å². The molecule has 3 heteroatoms. The van der Waals surface area contributed by atoms with Gasteiger partial charge in [-0.25, -0.2) is 0 Å². The third kappa shape index (κ3) is 10.9. The topological polar surface area (TPSA) is 9.72 Å². The third-order valence-corrected chi connectivity index (χ3v) is 18.0. The second kappa shape index (κ2) is 24.2. The van der Waals surface area contributed by atoms with Gasteiger partial charge in [-0.2, -0.15) is 0 Å². The van der Waals surface area contributed by atoms with Gasteiger partial charge in [-0.15, -0.1) is 0 Å². The highest BCUT2D eigenvalue weighted by Gasteiger charge is 2.52. The minimum absolute atomic E-state index is 0.764. The first-order chi connectivity index (χ1) is 44.8. The minimum Gasteiger partial charge on any atom is -0.310 e. The standard InChI is InChI=1S/C88H67N3/c1-62-23-41-71(42-24-62)89(74-47-35-68(36-48-74)32-29-65-15-7-4-8-16-65)77-53-56-81-80-21-13-14-22-84(80)88(85(81)59-77)86-60-78(90(72-43-25-63(2)26-44-72)75-49-37-69(38-50-75)33-30-66-17-9-5-10-18-66)54-57-82(86)83-58-55-79(61-87(83)88)91(73-45-27-64(3)28-46-73)76-51-39-70(40-52-76)34-31-67-19-11-6-12-20-67/h4-61H,1-3H3/b32-29+,33-30+,34-31+. The monoisotopic (exact) mass is 1170 g/mol. The Balaban J connectivity index is 0.934. The summed E-state index contributed by atoms with van der Waals surface area (Å²) in [4.78, 5) is 7.29. The molecule has 2 aliphatic rings. The maximum absolute atomic E-state index is 2.51. The van der Waals surface area contributed by atoms with Crippen molar-refractivity contribution < 1.29 is 0 Å². The highest BCUT2D eigenvalue weighted by atomic mass is 15.2. The molecule has 13 aromatic carbocycles. The number of fused-ring (bicyclic) bond motifs is 10. The van der Waals surface area contributed by atoms with Crippen LogP contribution in [0.3, 0.4) is 0 Å². The average molecular weight is 1170 g/mol. The molecule has 0 amide bonds. The fourth-order valence-electron chi connectivity index (χ4n) is 13.5. The molecular weight excluding hydrogens is 1100 g/mol. The molecule has 0 bridgehead atoms. The lowest BCUT2D eigenvalue weighted by molar-refractivity contribution is 0.793. The molecule has 0 aromatic heterocycles. The average Bonchev–Trinajstić information content (AvgIpc) is 1.51. The Hall–Kier alpha value is -11.5. The Kier molecular flexibility index (Phi) is 14.9. The van der Waals surface area contributed by atoms with Crippen molar-refractivity contribution >= 4 is 87.6 Å². The number of hydrogen-bond acceptors (Lipinski definition) is 3. The van der Waals surface area contributed by atoms with Crippen LogP contribution in [0.15, 0.2) is 315 Å². The van der Waals surface area contributed by atoms with Crippen molar-refractivity contribution in [2.45, 2.75) is 26.2 Å². The minimum atomic E-state index is -0.764. The molecule has 0 atom stereocenters. The van der Waals surface area contributed by atoms with Crippen molar-refractivity contribution in [1.82, 2.24) is 0 Å². The van der Waals surface area contributed by atoms with Gasteiger partial charge in [-0.05, 0) is 208 Å². The summed E-state index contributed by atoms with van der Waals surface area (Å²) in [7, 11) is 0. The van der Waals surface area contributed by atoms with E-state index in [0.29, 0.717) is 0 Å². The van der Waals surface area contributed by atoms with Crippen LogP contribution in [0.25, 0.3) is 58.7 Å². The molecule has 91 heavy (non-hydrogen) atoms. The molecule has 1 spiro atoms.